The van der Waals surface area contributed by atoms with Gasteiger partial charge in [-0.15, -0.1) is 0 Å². The molecular formula is C15H18N4O2. The fourth-order valence-electron chi connectivity index (χ4n) is 2.58. The molecule has 1 aliphatic rings. The molecule has 0 spiro atoms. The van der Waals surface area contributed by atoms with E-state index in [1.807, 2.05) is 30.3 Å². The fourth-order valence-corrected chi connectivity index (χ4v) is 2.58. The van der Waals surface area contributed by atoms with Crippen LogP contribution in [-0.4, -0.2) is 27.2 Å². The van der Waals surface area contributed by atoms with E-state index >= 15 is 0 Å². The minimum absolute atomic E-state index is 0.149. The number of nitrogens with zero attached hydrogens (tertiary/aromatic N) is 2. The molecule has 1 aromatic carbocycles. The van der Waals surface area contributed by atoms with Gasteiger partial charge >= 0.3 is 0 Å². The normalized spacial score (nSPS) is 16.8. The molecule has 6 nitrogen and oxygen atoms in total. The Labute approximate surface area is 122 Å². The van der Waals surface area contributed by atoms with Crippen molar-refractivity contribution in [1.29, 1.82) is 0 Å². The monoisotopic (exact) mass is 286 g/mol. The number of ether oxygens (including phenoxy) is 1. The summed E-state index contributed by atoms with van der Waals surface area (Å²) in [6.07, 6.45) is 5.23. The number of H-pyrrole nitrogens is 1. The number of aromatic amines is 1. The maximum absolute atomic E-state index is 12.5. The summed E-state index contributed by atoms with van der Waals surface area (Å²) < 4.78 is 6.03. The molecule has 0 radical (unpaired) electrons. The highest BCUT2D eigenvalue weighted by atomic mass is 16.5. The van der Waals surface area contributed by atoms with Gasteiger partial charge in [0.05, 0.1) is 6.10 Å². The number of anilines is 1. The Bertz CT molecular complexity index is 565. The number of aromatic nitrogens is 3. The third-order valence-corrected chi connectivity index (χ3v) is 3.63. The predicted molar refractivity (Wildman–Crippen MR) is 77.5 cm³/mol. The average molecular weight is 286 g/mol. The van der Waals surface area contributed by atoms with Crippen LogP contribution in [-0.2, 0) is 9.53 Å². The molecule has 0 saturated heterocycles. The van der Waals surface area contributed by atoms with Gasteiger partial charge in [-0.3, -0.25) is 10.1 Å². The first kappa shape index (κ1) is 13.8. The molecule has 1 heterocycles. The van der Waals surface area contributed by atoms with Crippen molar-refractivity contribution in [2.75, 3.05) is 5.32 Å². The SMILES string of the molecule is O=C(Nc1ncn[nH]1)[C@@H](OC1CCCC1)c1ccccc1. The Hall–Kier alpha value is -2.21. The lowest BCUT2D eigenvalue weighted by molar-refractivity contribution is -0.131. The first-order valence-electron chi connectivity index (χ1n) is 7.19. The van der Waals surface area contributed by atoms with Crippen LogP contribution in [0, 0.1) is 0 Å². The summed E-state index contributed by atoms with van der Waals surface area (Å²) in [7, 11) is 0. The molecule has 3 rings (SSSR count). The maximum atomic E-state index is 12.5. The highest BCUT2D eigenvalue weighted by Gasteiger charge is 2.27. The van der Waals surface area contributed by atoms with E-state index in [0.717, 1.165) is 31.2 Å². The van der Waals surface area contributed by atoms with Crippen LogP contribution in [0.5, 0.6) is 0 Å². The third kappa shape index (κ3) is 3.46. The molecule has 1 saturated carbocycles. The third-order valence-electron chi connectivity index (χ3n) is 3.63. The van der Waals surface area contributed by atoms with Crippen molar-refractivity contribution in [3.63, 3.8) is 0 Å². The van der Waals surface area contributed by atoms with Crippen molar-refractivity contribution in [1.82, 2.24) is 15.2 Å². The van der Waals surface area contributed by atoms with E-state index in [2.05, 4.69) is 20.5 Å². The Morgan fingerprint density at radius 3 is 2.71 bits per heavy atom. The van der Waals surface area contributed by atoms with E-state index in [1.165, 1.54) is 6.33 Å². The van der Waals surface area contributed by atoms with Gasteiger partial charge < -0.3 is 4.74 Å². The largest absolute Gasteiger partial charge is 0.360 e. The number of hydrogen-bond acceptors (Lipinski definition) is 4. The van der Waals surface area contributed by atoms with Gasteiger partial charge in [-0.2, -0.15) is 10.1 Å². The number of nitrogens with one attached hydrogen (secondary N) is 2. The van der Waals surface area contributed by atoms with Crippen LogP contribution in [0.15, 0.2) is 36.7 Å². The zero-order valence-electron chi connectivity index (χ0n) is 11.7. The van der Waals surface area contributed by atoms with Crippen LogP contribution in [0.1, 0.15) is 37.4 Å². The van der Waals surface area contributed by atoms with Crippen LogP contribution in [0.2, 0.25) is 0 Å². The van der Waals surface area contributed by atoms with E-state index in [4.69, 9.17) is 4.74 Å². The zero-order chi connectivity index (χ0) is 14.5. The molecule has 2 aromatic rings. The zero-order valence-corrected chi connectivity index (χ0v) is 11.7. The quantitative estimate of drug-likeness (QED) is 0.884. The van der Waals surface area contributed by atoms with Crippen LogP contribution in [0.4, 0.5) is 5.95 Å². The summed E-state index contributed by atoms with van der Waals surface area (Å²) in [6.45, 7) is 0. The lowest BCUT2D eigenvalue weighted by atomic mass is 10.1. The molecule has 110 valence electrons. The summed E-state index contributed by atoms with van der Waals surface area (Å²) in [5.74, 6) is 0.0980. The molecule has 2 N–H and O–H groups in total. The first-order valence-corrected chi connectivity index (χ1v) is 7.19. The molecule has 0 bridgehead atoms. The van der Waals surface area contributed by atoms with Crippen molar-refractivity contribution in [3.8, 4) is 0 Å². The second kappa shape index (κ2) is 6.49. The van der Waals surface area contributed by atoms with Crippen LogP contribution in [0.25, 0.3) is 0 Å². The summed E-state index contributed by atoms with van der Waals surface area (Å²) in [6, 6.07) is 9.54. The van der Waals surface area contributed by atoms with Crippen LogP contribution >= 0.6 is 0 Å². The molecule has 1 aliphatic carbocycles. The van der Waals surface area contributed by atoms with Gasteiger partial charge in [-0.1, -0.05) is 43.2 Å². The minimum Gasteiger partial charge on any atom is -0.360 e. The Balaban J connectivity index is 1.75. The minimum atomic E-state index is -0.626. The van der Waals surface area contributed by atoms with Crippen molar-refractivity contribution in [2.45, 2.75) is 37.9 Å². The van der Waals surface area contributed by atoms with Gasteiger partial charge in [-0.05, 0) is 18.4 Å². The number of hydrogen-bond donors (Lipinski definition) is 2. The standard InChI is InChI=1S/C15H18N4O2/c20-14(18-15-16-10-17-19-15)13(11-6-2-1-3-7-11)21-12-8-4-5-9-12/h1-3,6-7,10,12-13H,4-5,8-9H2,(H2,16,17,18,19,20)/t13-/m0/s1. The van der Waals surface area contributed by atoms with E-state index < -0.39 is 6.10 Å². The molecule has 0 unspecified atom stereocenters. The smallest absolute Gasteiger partial charge is 0.260 e. The molecule has 1 aromatic heterocycles. The summed E-state index contributed by atoms with van der Waals surface area (Å²) >= 11 is 0. The second-order valence-corrected chi connectivity index (χ2v) is 5.16. The molecular weight excluding hydrogens is 268 g/mol. The summed E-state index contributed by atoms with van der Waals surface area (Å²) in [4.78, 5) is 16.4. The molecule has 21 heavy (non-hydrogen) atoms. The van der Waals surface area contributed by atoms with E-state index in [9.17, 15) is 4.79 Å². The number of amides is 1. The predicted octanol–water partition coefficient (Wildman–Crippen LogP) is 2.44. The van der Waals surface area contributed by atoms with Gasteiger partial charge in [0.2, 0.25) is 5.95 Å². The molecule has 1 atom stereocenters. The van der Waals surface area contributed by atoms with Gasteiger partial charge in [0.25, 0.3) is 5.91 Å². The van der Waals surface area contributed by atoms with Crippen LogP contribution < -0.4 is 5.32 Å². The Kier molecular flexibility index (Phi) is 4.25. The first-order chi connectivity index (χ1) is 10.3. The highest BCUT2D eigenvalue weighted by molar-refractivity contribution is 5.93. The molecule has 1 amide bonds. The summed E-state index contributed by atoms with van der Waals surface area (Å²) in [5.41, 5.74) is 0.849. The van der Waals surface area contributed by atoms with Crippen molar-refractivity contribution in [3.05, 3.63) is 42.2 Å². The Morgan fingerprint density at radius 1 is 1.29 bits per heavy atom. The van der Waals surface area contributed by atoms with Crippen LogP contribution in [0.3, 0.4) is 0 Å². The van der Waals surface area contributed by atoms with Gasteiger partial charge in [0, 0.05) is 0 Å². The van der Waals surface area contributed by atoms with Crippen molar-refractivity contribution >= 4 is 11.9 Å². The number of rotatable bonds is 5. The second-order valence-electron chi connectivity index (χ2n) is 5.16. The average Bonchev–Trinajstić information content (AvgIpc) is 3.19. The summed E-state index contributed by atoms with van der Waals surface area (Å²) in [5, 5.41) is 9.04. The number of benzene rings is 1. The lowest BCUT2D eigenvalue weighted by Crippen LogP contribution is -2.27. The molecule has 6 heteroatoms. The van der Waals surface area contributed by atoms with E-state index in [1.54, 1.807) is 0 Å². The van der Waals surface area contributed by atoms with Gasteiger partial charge in [0.1, 0.15) is 6.33 Å². The van der Waals surface area contributed by atoms with Crippen molar-refractivity contribution < 1.29 is 9.53 Å². The van der Waals surface area contributed by atoms with E-state index in [0.29, 0.717) is 5.95 Å². The highest BCUT2D eigenvalue weighted by Crippen LogP contribution is 2.28. The molecule has 1 fully saturated rings. The Morgan fingerprint density at radius 2 is 2.05 bits per heavy atom. The van der Waals surface area contributed by atoms with Crippen molar-refractivity contribution in [2.24, 2.45) is 0 Å². The lowest BCUT2D eigenvalue weighted by Gasteiger charge is -2.21. The molecule has 0 aliphatic heterocycles. The van der Waals surface area contributed by atoms with Gasteiger partial charge in [0.15, 0.2) is 6.10 Å². The number of carbonyl (C=O) groups excluding carboxylic acids is 1. The topological polar surface area (TPSA) is 79.9 Å². The fraction of sp³-hybridized carbons (Fsp3) is 0.400. The number of carbonyl (C=O) groups is 1. The van der Waals surface area contributed by atoms with E-state index in [-0.39, 0.29) is 12.0 Å². The van der Waals surface area contributed by atoms with Gasteiger partial charge in [-0.25, -0.2) is 5.10 Å². The maximum Gasteiger partial charge on any atom is 0.260 e.